The van der Waals surface area contributed by atoms with Gasteiger partial charge in [-0.25, -0.2) is 0 Å². The monoisotopic (exact) mass is 658 g/mol. The van der Waals surface area contributed by atoms with E-state index >= 15 is 0 Å². The van der Waals surface area contributed by atoms with Gasteiger partial charge in [-0.15, -0.1) is 0 Å². The van der Waals surface area contributed by atoms with Crippen LogP contribution < -0.4 is 0 Å². The third kappa shape index (κ3) is 23.3. The third-order valence-corrected chi connectivity index (χ3v) is 8.91. The molecule has 2 aromatic rings. The number of rotatable bonds is 29. The van der Waals surface area contributed by atoms with Gasteiger partial charge in [0.1, 0.15) is 0 Å². The van der Waals surface area contributed by atoms with Crippen LogP contribution in [0.4, 0.5) is 11.4 Å². The number of unbranched alkanes of at least 4 members (excludes halogenated alkanes) is 22. The van der Waals surface area contributed by atoms with Gasteiger partial charge in [0.05, 0.1) is 22.8 Å². The zero-order chi connectivity index (χ0) is 31.2. The molecule has 0 amide bonds. The van der Waals surface area contributed by atoms with Crippen LogP contribution in [0.25, 0.3) is 0 Å². The van der Waals surface area contributed by atoms with E-state index in [2.05, 4.69) is 74.5 Å². The zero-order valence-corrected chi connectivity index (χ0v) is 30.4. The second-order valence-corrected chi connectivity index (χ2v) is 13.1. The van der Waals surface area contributed by atoms with Gasteiger partial charge >= 0.3 is 0 Å². The smallest absolute Gasteiger partial charge is 0.0633 e. The Hall–Kier alpha value is -1.73. The first-order valence-electron chi connectivity index (χ1n) is 19.1. The second-order valence-electron chi connectivity index (χ2n) is 13.1. The SMILES string of the molecule is CCCCCCCCCCCCCCCCCCCCCCCCC(=Nc1ccccc1)C(CCCC)=Nc1ccccc1.[Ni]. The molecular weight excluding hydrogens is 591 g/mol. The molecule has 0 saturated carbocycles. The van der Waals surface area contributed by atoms with E-state index in [1.807, 2.05) is 0 Å². The molecule has 0 aliphatic heterocycles. The minimum Gasteiger partial charge on any atom is -0.252 e. The second kappa shape index (κ2) is 30.9. The summed E-state index contributed by atoms with van der Waals surface area (Å²) < 4.78 is 0. The molecule has 45 heavy (non-hydrogen) atoms. The summed E-state index contributed by atoms with van der Waals surface area (Å²) in [5.74, 6) is 0. The van der Waals surface area contributed by atoms with Gasteiger partial charge in [0, 0.05) is 16.5 Å². The summed E-state index contributed by atoms with van der Waals surface area (Å²) in [5, 5.41) is 0. The molecule has 0 atom stereocenters. The average molecular weight is 660 g/mol. The molecule has 0 N–H and O–H groups in total. The molecule has 0 unspecified atom stereocenters. The molecular formula is C42H68N2Ni. The molecule has 0 bridgehead atoms. The van der Waals surface area contributed by atoms with Gasteiger partial charge in [0.2, 0.25) is 0 Å². The summed E-state index contributed by atoms with van der Waals surface area (Å²) in [5.41, 5.74) is 4.43. The number of hydrogen-bond donors (Lipinski definition) is 0. The topological polar surface area (TPSA) is 24.7 Å². The first kappa shape index (κ1) is 41.3. The minimum atomic E-state index is 0. The van der Waals surface area contributed by atoms with Crippen LogP contribution in [-0.2, 0) is 16.5 Å². The largest absolute Gasteiger partial charge is 0.252 e. The van der Waals surface area contributed by atoms with E-state index in [1.165, 1.54) is 159 Å². The number of aliphatic imine (C=N–C) groups is 2. The van der Waals surface area contributed by atoms with E-state index in [9.17, 15) is 0 Å². The van der Waals surface area contributed by atoms with E-state index in [0.717, 1.165) is 30.6 Å². The maximum atomic E-state index is 5.12. The molecule has 0 aromatic heterocycles. The average Bonchev–Trinajstić information content (AvgIpc) is 3.06. The van der Waals surface area contributed by atoms with Gasteiger partial charge in [0.15, 0.2) is 0 Å². The molecule has 256 valence electrons. The van der Waals surface area contributed by atoms with Crippen LogP contribution in [0.1, 0.15) is 181 Å². The molecule has 0 fully saturated rings. The molecule has 0 aliphatic rings. The van der Waals surface area contributed by atoms with Gasteiger partial charge in [-0.2, -0.15) is 0 Å². The standard InChI is InChI=1S/C42H68N2.Ni/c1-3-5-7-8-9-10-11-12-13-14-15-16-17-18-19-20-21-22-23-24-25-32-38-42(44-40-35-30-27-31-36-40)41(37-6-4-2)43-39-33-28-26-29-34-39;/h26-31,33-36H,3-25,32,37-38H2,1-2H3;. The maximum Gasteiger partial charge on any atom is 0.0633 e. The Labute approximate surface area is 289 Å². The first-order valence-corrected chi connectivity index (χ1v) is 19.1. The molecule has 0 heterocycles. The Balaban J connectivity index is 0.0000101. The molecule has 0 spiro atoms. The summed E-state index contributed by atoms with van der Waals surface area (Å²) in [6, 6.07) is 20.9. The van der Waals surface area contributed by atoms with Gasteiger partial charge in [-0.3, -0.25) is 9.98 Å². The Morgan fingerprint density at radius 2 is 0.622 bits per heavy atom. The fraction of sp³-hybridized carbons (Fsp3) is 0.667. The van der Waals surface area contributed by atoms with E-state index in [-0.39, 0.29) is 16.5 Å². The van der Waals surface area contributed by atoms with Gasteiger partial charge in [-0.1, -0.05) is 192 Å². The van der Waals surface area contributed by atoms with Gasteiger partial charge in [0.25, 0.3) is 0 Å². The quantitative estimate of drug-likeness (QED) is 0.0472. The van der Waals surface area contributed by atoms with E-state index in [0.29, 0.717) is 0 Å². The van der Waals surface area contributed by atoms with Crippen molar-refractivity contribution in [3.8, 4) is 0 Å². The fourth-order valence-corrected chi connectivity index (χ4v) is 6.09. The number of hydrogen-bond acceptors (Lipinski definition) is 2. The molecule has 2 rings (SSSR count). The maximum absolute atomic E-state index is 5.12. The molecule has 0 radical (unpaired) electrons. The van der Waals surface area contributed by atoms with Crippen LogP contribution in [0.3, 0.4) is 0 Å². The molecule has 0 aliphatic carbocycles. The van der Waals surface area contributed by atoms with Crippen LogP contribution in [0.2, 0.25) is 0 Å². The first-order chi connectivity index (χ1) is 21.8. The van der Waals surface area contributed by atoms with Crippen molar-refractivity contribution in [1.82, 2.24) is 0 Å². The molecule has 2 aromatic carbocycles. The Bertz CT molecular complexity index is 953. The number of nitrogens with zero attached hydrogens (tertiary/aromatic N) is 2. The van der Waals surface area contributed by atoms with Crippen molar-refractivity contribution in [1.29, 1.82) is 0 Å². The van der Waals surface area contributed by atoms with Crippen molar-refractivity contribution in [2.24, 2.45) is 9.98 Å². The van der Waals surface area contributed by atoms with Crippen molar-refractivity contribution >= 4 is 22.8 Å². The van der Waals surface area contributed by atoms with Crippen LogP contribution in [0.5, 0.6) is 0 Å². The summed E-state index contributed by atoms with van der Waals surface area (Å²) in [6.07, 6.45) is 35.6. The van der Waals surface area contributed by atoms with Crippen LogP contribution in [0.15, 0.2) is 70.6 Å². The number of benzene rings is 2. The van der Waals surface area contributed by atoms with Crippen molar-refractivity contribution in [3.05, 3.63) is 60.7 Å². The van der Waals surface area contributed by atoms with Crippen molar-refractivity contribution < 1.29 is 16.5 Å². The summed E-state index contributed by atoms with van der Waals surface area (Å²) in [4.78, 5) is 10.2. The molecule has 3 heteroatoms. The minimum absolute atomic E-state index is 0. The Morgan fingerprint density at radius 1 is 0.356 bits per heavy atom. The van der Waals surface area contributed by atoms with Crippen molar-refractivity contribution in [2.45, 2.75) is 181 Å². The van der Waals surface area contributed by atoms with E-state index < -0.39 is 0 Å². The fourth-order valence-electron chi connectivity index (χ4n) is 6.09. The number of para-hydroxylation sites is 2. The predicted molar refractivity (Wildman–Crippen MR) is 198 cm³/mol. The third-order valence-electron chi connectivity index (χ3n) is 8.91. The summed E-state index contributed by atoms with van der Waals surface area (Å²) in [6.45, 7) is 4.56. The normalized spacial score (nSPS) is 12.0. The molecule has 0 saturated heterocycles. The van der Waals surface area contributed by atoms with E-state index in [1.54, 1.807) is 0 Å². The van der Waals surface area contributed by atoms with Crippen LogP contribution in [-0.4, -0.2) is 11.4 Å². The Kier molecular flexibility index (Phi) is 28.4. The molecule has 2 nitrogen and oxygen atoms in total. The van der Waals surface area contributed by atoms with Gasteiger partial charge < -0.3 is 0 Å². The summed E-state index contributed by atoms with van der Waals surface area (Å²) >= 11 is 0. The van der Waals surface area contributed by atoms with Gasteiger partial charge in [-0.05, 0) is 49.9 Å². The van der Waals surface area contributed by atoms with E-state index in [4.69, 9.17) is 9.98 Å². The predicted octanol–water partition coefficient (Wildman–Crippen LogP) is 14.7. The summed E-state index contributed by atoms with van der Waals surface area (Å²) in [7, 11) is 0. The van der Waals surface area contributed by atoms with Crippen molar-refractivity contribution in [3.63, 3.8) is 0 Å². The van der Waals surface area contributed by atoms with Crippen LogP contribution >= 0.6 is 0 Å². The van der Waals surface area contributed by atoms with Crippen LogP contribution in [0, 0.1) is 0 Å². The van der Waals surface area contributed by atoms with Crippen molar-refractivity contribution in [2.75, 3.05) is 0 Å². The Morgan fingerprint density at radius 3 is 0.933 bits per heavy atom. The zero-order valence-electron chi connectivity index (χ0n) is 29.4.